The molecule has 3 fully saturated rings. The summed E-state index contributed by atoms with van der Waals surface area (Å²) in [5.74, 6) is -0.138. The van der Waals surface area contributed by atoms with E-state index in [1.54, 1.807) is 24.1 Å². The number of nitrogens with zero attached hydrogens (tertiary/aromatic N) is 5. The first-order valence-electron chi connectivity index (χ1n) is 13.9. The van der Waals surface area contributed by atoms with Crippen molar-refractivity contribution in [3.05, 3.63) is 23.8 Å². The molecule has 0 radical (unpaired) electrons. The number of carbonyl (C=O) groups is 4. The van der Waals surface area contributed by atoms with Gasteiger partial charge in [0.15, 0.2) is 11.5 Å². The Morgan fingerprint density at radius 1 is 0.897 bits per heavy atom. The molecule has 4 aliphatic rings. The van der Waals surface area contributed by atoms with Crippen LogP contribution < -0.4 is 9.47 Å². The molecule has 210 valence electrons. The highest BCUT2D eigenvalue weighted by Gasteiger charge is 2.45. The van der Waals surface area contributed by atoms with Crippen LogP contribution in [0.15, 0.2) is 23.3 Å². The summed E-state index contributed by atoms with van der Waals surface area (Å²) < 4.78 is 10.9. The van der Waals surface area contributed by atoms with Crippen LogP contribution in [0.5, 0.6) is 11.5 Å². The number of fused-ring (bicyclic) bond motifs is 1. The van der Waals surface area contributed by atoms with Crippen molar-refractivity contribution in [1.82, 2.24) is 19.7 Å². The van der Waals surface area contributed by atoms with Gasteiger partial charge in [-0.1, -0.05) is 12.8 Å². The molecular weight excluding hydrogens is 502 g/mol. The van der Waals surface area contributed by atoms with Gasteiger partial charge < -0.3 is 19.3 Å². The minimum absolute atomic E-state index is 0.0603. The van der Waals surface area contributed by atoms with Crippen LogP contribution in [0.4, 0.5) is 4.79 Å². The SMILES string of the molecule is CCN1CCN(C(=O)N2CCC(N3N=C(c4ccc(OC)c(OC)c4)C4CCCCC4C3=O)CC2)C(=O)C1=O. The Morgan fingerprint density at radius 2 is 1.59 bits per heavy atom. The van der Waals surface area contributed by atoms with Gasteiger partial charge in [-0.05, 0) is 50.8 Å². The molecule has 1 saturated carbocycles. The Labute approximate surface area is 228 Å². The number of ether oxygens (including phenoxy) is 2. The number of likely N-dealkylation sites (tertiary alicyclic amines) is 1. The predicted octanol–water partition coefficient (Wildman–Crippen LogP) is 2.33. The van der Waals surface area contributed by atoms with Gasteiger partial charge in [0.1, 0.15) is 0 Å². The number of hydrogen-bond acceptors (Lipinski definition) is 7. The number of amides is 5. The fraction of sp³-hybridized carbons (Fsp3) is 0.607. The first-order chi connectivity index (χ1) is 18.9. The van der Waals surface area contributed by atoms with E-state index >= 15 is 0 Å². The molecule has 1 aromatic carbocycles. The van der Waals surface area contributed by atoms with Gasteiger partial charge in [-0.15, -0.1) is 0 Å². The van der Waals surface area contributed by atoms with E-state index in [0.717, 1.165) is 41.9 Å². The van der Waals surface area contributed by atoms with Crippen LogP contribution in [0.1, 0.15) is 51.0 Å². The van der Waals surface area contributed by atoms with Gasteiger partial charge in [0.05, 0.1) is 26.0 Å². The van der Waals surface area contributed by atoms with Crippen molar-refractivity contribution in [2.24, 2.45) is 16.9 Å². The quantitative estimate of drug-likeness (QED) is 0.531. The van der Waals surface area contributed by atoms with E-state index in [0.29, 0.717) is 50.5 Å². The zero-order valence-corrected chi connectivity index (χ0v) is 22.9. The second kappa shape index (κ2) is 11.2. The van der Waals surface area contributed by atoms with E-state index in [1.165, 1.54) is 4.90 Å². The van der Waals surface area contributed by atoms with E-state index in [9.17, 15) is 19.2 Å². The molecule has 2 atom stereocenters. The van der Waals surface area contributed by atoms with Gasteiger partial charge in [0.25, 0.3) is 0 Å². The summed E-state index contributed by atoms with van der Waals surface area (Å²) in [4.78, 5) is 55.7. The summed E-state index contributed by atoms with van der Waals surface area (Å²) in [6.07, 6.45) is 4.94. The molecule has 11 nitrogen and oxygen atoms in total. The fourth-order valence-corrected chi connectivity index (χ4v) is 6.32. The number of benzene rings is 1. The molecule has 3 aliphatic heterocycles. The first-order valence-corrected chi connectivity index (χ1v) is 13.9. The second-order valence-electron chi connectivity index (χ2n) is 10.6. The van der Waals surface area contributed by atoms with Gasteiger partial charge in [-0.3, -0.25) is 19.3 Å². The minimum atomic E-state index is -0.770. The molecule has 1 aliphatic carbocycles. The van der Waals surface area contributed by atoms with Crippen LogP contribution in [-0.4, -0.2) is 102 Å². The van der Waals surface area contributed by atoms with Crippen molar-refractivity contribution >= 4 is 29.5 Å². The molecule has 0 aromatic heterocycles. The summed E-state index contributed by atoms with van der Waals surface area (Å²) in [6, 6.07) is 5.18. The summed E-state index contributed by atoms with van der Waals surface area (Å²) in [5.41, 5.74) is 1.82. The van der Waals surface area contributed by atoms with Gasteiger partial charge in [0, 0.05) is 50.1 Å². The summed E-state index contributed by atoms with van der Waals surface area (Å²) >= 11 is 0. The van der Waals surface area contributed by atoms with E-state index in [-0.39, 0.29) is 30.3 Å². The zero-order valence-electron chi connectivity index (χ0n) is 22.9. The maximum Gasteiger partial charge on any atom is 0.327 e. The van der Waals surface area contributed by atoms with Crippen molar-refractivity contribution in [3.8, 4) is 11.5 Å². The molecule has 0 bridgehead atoms. The molecule has 3 heterocycles. The number of imide groups is 1. The van der Waals surface area contributed by atoms with E-state index in [2.05, 4.69) is 0 Å². The predicted molar refractivity (Wildman–Crippen MR) is 142 cm³/mol. The number of piperazine rings is 1. The highest BCUT2D eigenvalue weighted by atomic mass is 16.5. The standard InChI is InChI=1S/C28H37N5O6/c1-4-30-15-16-32(27(36)26(30)35)28(37)31-13-11-19(12-14-31)33-25(34)21-8-6-5-7-20(21)24(29-33)18-9-10-22(38-2)23(17-18)39-3/h9-10,17,19-21H,4-8,11-16H2,1-3H3. The van der Waals surface area contributed by atoms with E-state index < -0.39 is 17.8 Å². The van der Waals surface area contributed by atoms with E-state index in [1.807, 2.05) is 25.1 Å². The number of hydrogen-bond donors (Lipinski definition) is 0. The highest BCUT2D eigenvalue weighted by Crippen LogP contribution is 2.40. The number of likely N-dealkylation sites (N-methyl/N-ethyl adjacent to an activating group) is 1. The lowest BCUT2D eigenvalue weighted by Crippen LogP contribution is -2.60. The number of rotatable bonds is 5. The molecule has 0 N–H and O–H groups in total. The third kappa shape index (κ3) is 4.94. The number of urea groups is 1. The fourth-order valence-electron chi connectivity index (χ4n) is 6.32. The average molecular weight is 540 g/mol. The summed E-state index contributed by atoms with van der Waals surface area (Å²) in [7, 11) is 3.20. The Bertz CT molecular complexity index is 1180. The monoisotopic (exact) mass is 539 g/mol. The Morgan fingerprint density at radius 3 is 2.26 bits per heavy atom. The first kappa shape index (κ1) is 27.0. The third-order valence-corrected chi connectivity index (χ3v) is 8.56. The van der Waals surface area contributed by atoms with Crippen LogP contribution >= 0.6 is 0 Å². The van der Waals surface area contributed by atoms with Gasteiger partial charge in [-0.2, -0.15) is 5.10 Å². The van der Waals surface area contributed by atoms with Gasteiger partial charge in [-0.25, -0.2) is 9.80 Å². The summed E-state index contributed by atoms with van der Waals surface area (Å²) in [6.45, 7) is 3.57. The molecule has 5 amide bonds. The molecule has 2 unspecified atom stereocenters. The second-order valence-corrected chi connectivity index (χ2v) is 10.6. The summed E-state index contributed by atoms with van der Waals surface area (Å²) in [5, 5.41) is 6.62. The Kier molecular flexibility index (Phi) is 7.76. The molecule has 0 spiro atoms. The topological polar surface area (TPSA) is 112 Å². The maximum absolute atomic E-state index is 13.7. The Hall–Kier alpha value is -3.63. The number of methoxy groups -OCH3 is 2. The van der Waals surface area contributed by atoms with Crippen molar-refractivity contribution in [2.45, 2.75) is 51.5 Å². The van der Waals surface area contributed by atoms with Gasteiger partial charge in [0.2, 0.25) is 5.91 Å². The normalized spacial score (nSPS) is 24.5. The maximum atomic E-state index is 13.7. The van der Waals surface area contributed by atoms with Gasteiger partial charge >= 0.3 is 17.8 Å². The number of carbonyl (C=O) groups excluding carboxylic acids is 4. The third-order valence-electron chi connectivity index (χ3n) is 8.56. The molecule has 11 heteroatoms. The lowest BCUT2D eigenvalue weighted by Gasteiger charge is -2.44. The van der Waals surface area contributed by atoms with Crippen LogP contribution in [0.2, 0.25) is 0 Å². The number of piperidine rings is 1. The number of hydrazone groups is 1. The Balaban J connectivity index is 1.33. The zero-order chi connectivity index (χ0) is 27.7. The molecule has 5 rings (SSSR count). The van der Waals surface area contributed by atoms with Crippen molar-refractivity contribution in [3.63, 3.8) is 0 Å². The lowest BCUT2D eigenvalue weighted by atomic mass is 9.73. The molecule has 1 aromatic rings. The smallest absolute Gasteiger partial charge is 0.327 e. The average Bonchev–Trinajstić information content (AvgIpc) is 2.98. The van der Waals surface area contributed by atoms with Crippen LogP contribution in [0.25, 0.3) is 0 Å². The van der Waals surface area contributed by atoms with Crippen LogP contribution in [0, 0.1) is 11.8 Å². The van der Waals surface area contributed by atoms with Crippen molar-refractivity contribution in [2.75, 3.05) is 46.9 Å². The minimum Gasteiger partial charge on any atom is -0.493 e. The molecule has 2 saturated heterocycles. The molecular formula is C28H37N5O6. The van der Waals surface area contributed by atoms with Crippen LogP contribution in [0.3, 0.4) is 0 Å². The van der Waals surface area contributed by atoms with E-state index in [4.69, 9.17) is 14.6 Å². The van der Waals surface area contributed by atoms with Crippen molar-refractivity contribution in [1.29, 1.82) is 0 Å². The lowest BCUT2D eigenvalue weighted by molar-refractivity contribution is -0.154. The van der Waals surface area contributed by atoms with Crippen molar-refractivity contribution < 1.29 is 28.7 Å². The van der Waals surface area contributed by atoms with Crippen LogP contribution in [-0.2, 0) is 14.4 Å². The molecule has 39 heavy (non-hydrogen) atoms. The largest absolute Gasteiger partial charge is 0.493 e. The highest BCUT2D eigenvalue weighted by molar-refractivity contribution is 6.38.